The first-order chi connectivity index (χ1) is 32.6. The molecule has 0 radical (unpaired) electrons. The summed E-state index contributed by atoms with van der Waals surface area (Å²) in [7, 11) is 1.43. The first-order valence-corrected chi connectivity index (χ1v) is 24.0. The molecule has 4 aromatic carbocycles. The van der Waals surface area contributed by atoms with Gasteiger partial charge in [-0.15, -0.1) is 0 Å². The smallest absolute Gasteiger partial charge is 0.338 e. The average Bonchev–Trinajstić information content (AvgIpc) is 3.36. The number of rotatable bonds is 15. The van der Waals surface area contributed by atoms with Crippen LogP contribution in [0, 0.1) is 0 Å². The maximum Gasteiger partial charge on any atom is 0.338 e. The number of benzene rings is 5. The van der Waals surface area contributed by atoms with Crippen LogP contribution in [-0.2, 0) is 4.74 Å². The molecule has 1 atom stereocenters. The van der Waals surface area contributed by atoms with Crippen LogP contribution >= 0.6 is 0 Å². The summed E-state index contributed by atoms with van der Waals surface area (Å²) < 4.78 is 20.4. The number of methoxy groups -OCH3 is 1. The molecule has 0 bridgehead atoms. The van der Waals surface area contributed by atoms with E-state index in [1.165, 1.54) is 12.0 Å². The highest BCUT2D eigenvalue weighted by molar-refractivity contribution is 6.08. The van der Waals surface area contributed by atoms with E-state index >= 15 is 0 Å². The van der Waals surface area contributed by atoms with E-state index in [0.717, 1.165) is 131 Å². The summed E-state index contributed by atoms with van der Waals surface area (Å²) in [6, 6.07) is 33.9. The van der Waals surface area contributed by atoms with E-state index < -0.39 is 5.97 Å². The monoisotopic (exact) mass is 1110 g/mol. The Morgan fingerprint density at radius 2 is 1.21 bits per heavy atom. The second kappa shape index (κ2) is 32.5. The number of carboxylic acid groups (broad SMARTS) is 1. The van der Waals surface area contributed by atoms with Gasteiger partial charge in [-0.2, -0.15) is 0 Å². The van der Waals surface area contributed by atoms with Gasteiger partial charge in [0.25, 0.3) is 0 Å². The third-order valence-electron chi connectivity index (χ3n) is 13.3. The molecule has 14 nitrogen and oxygen atoms in total. The second-order valence-corrected chi connectivity index (χ2v) is 16.6. The number of nitrogens with zero attached hydrogens (tertiary/aromatic N) is 3. The van der Waals surface area contributed by atoms with Crippen LogP contribution in [0.1, 0.15) is 87.2 Å². The molecule has 4 aromatic rings. The lowest BCUT2D eigenvalue weighted by atomic mass is 9.85. The molecule has 18 heteroatoms. The first-order valence-electron chi connectivity index (χ1n) is 24.0. The maximum atomic E-state index is 12.7. The molecule has 1 unspecified atom stereocenters. The number of hydrogen-bond donors (Lipinski definition) is 6. The van der Waals surface area contributed by atoms with Crippen LogP contribution in [0.2, 0.25) is 0 Å². The third kappa shape index (κ3) is 14.7. The highest BCUT2D eigenvalue weighted by atomic mass is 35.5. The van der Waals surface area contributed by atoms with E-state index in [2.05, 4.69) is 143 Å². The summed E-state index contributed by atoms with van der Waals surface area (Å²) in [4.78, 5) is 30.8. The molecule has 2 aliphatic carbocycles. The van der Waals surface area contributed by atoms with Crippen molar-refractivity contribution in [2.45, 2.75) is 61.4 Å². The fourth-order valence-electron chi connectivity index (χ4n) is 9.61. The molecule has 0 fully saturated rings. The van der Waals surface area contributed by atoms with Crippen molar-refractivity contribution in [2.24, 2.45) is 0 Å². The van der Waals surface area contributed by atoms with Gasteiger partial charge in [-0.1, -0.05) is 36.4 Å². The predicted octanol–water partition coefficient (Wildman–Crippen LogP) is -1.09. The lowest BCUT2D eigenvalue weighted by Crippen LogP contribution is -3.14. The molecule has 8 rings (SSSR count). The number of fused-ring (bicyclic) bond motifs is 4. The highest BCUT2D eigenvalue weighted by Crippen LogP contribution is 2.46. The van der Waals surface area contributed by atoms with Crippen LogP contribution < -0.4 is 104 Å². The van der Waals surface area contributed by atoms with E-state index in [4.69, 9.17) is 13.9 Å². The number of carbonyl (C=O) groups is 2. The number of carboxylic acids is 1. The van der Waals surface area contributed by atoms with Gasteiger partial charge in [0.2, 0.25) is 5.36 Å². The van der Waals surface area contributed by atoms with Gasteiger partial charge in [0.15, 0.2) is 0 Å². The number of anilines is 2. The summed E-state index contributed by atoms with van der Waals surface area (Å²) in [6.45, 7) is 24.8. The number of carbonyl (C=O) groups excluding carboxylic acids is 1. The van der Waals surface area contributed by atoms with Crippen LogP contribution in [0.3, 0.4) is 0 Å². The van der Waals surface area contributed by atoms with Gasteiger partial charge in [0, 0.05) is 95.1 Å². The Morgan fingerprint density at radius 1 is 0.667 bits per heavy atom. The lowest BCUT2D eigenvalue weighted by Gasteiger charge is -2.31. The number of quaternary nitrogens is 3. The van der Waals surface area contributed by atoms with Crippen molar-refractivity contribution in [1.82, 2.24) is 29.2 Å². The summed E-state index contributed by atoms with van der Waals surface area (Å²) in [5, 5.41) is 11.9. The van der Waals surface area contributed by atoms with Crippen molar-refractivity contribution >= 4 is 39.9 Å². The fraction of sp³-hybridized carbons (Fsp3) is 0.316. The minimum atomic E-state index is -0.938. The van der Waals surface area contributed by atoms with Crippen molar-refractivity contribution < 1.29 is 83.1 Å². The Bertz CT molecular complexity index is 2920. The lowest BCUT2D eigenvalue weighted by molar-refractivity contribution is -0.908. The van der Waals surface area contributed by atoms with Gasteiger partial charge in [-0.25, -0.2) is 14.2 Å². The normalized spacial score (nSPS) is 12.4. The largest absolute Gasteiger partial charge is 1.00 e. The van der Waals surface area contributed by atoms with Crippen LogP contribution in [0.4, 0.5) is 11.4 Å². The van der Waals surface area contributed by atoms with E-state index in [1.807, 2.05) is 36.4 Å². The number of esters is 1. The predicted molar refractivity (Wildman–Crippen MR) is 295 cm³/mol. The molecule has 2 aliphatic heterocycles. The zero-order chi connectivity index (χ0) is 47.8. The topological polar surface area (TPSA) is 243 Å². The molecule has 4 aliphatic rings. The van der Waals surface area contributed by atoms with E-state index in [0.29, 0.717) is 11.1 Å². The van der Waals surface area contributed by atoms with E-state index in [1.54, 1.807) is 12.1 Å². The highest BCUT2D eigenvalue weighted by Gasteiger charge is 2.32. The minimum Gasteiger partial charge on any atom is -1.00 e. The fourth-order valence-corrected chi connectivity index (χ4v) is 9.61. The third-order valence-corrected chi connectivity index (χ3v) is 13.3. The Morgan fingerprint density at radius 3 is 1.77 bits per heavy atom. The van der Waals surface area contributed by atoms with Gasteiger partial charge in [0.1, 0.15) is 42.0 Å². The van der Waals surface area contributed by atoms with Crippen LogP contribution in [-0.4, -0.2) is 82.6 Å². The van der Waals surface area contributed by atoms with Crippen molar-refractivity contribution in [1.29, 1.82) is 0 Å². The van der Waals surface area contributed by atoms with E-state index in [-0.39, 0.29) is 91.8 Å². The Labute approximate surface area is 468 Å². The molecular formula is C57H80Cl4N8O6. The average molecular weight is 1120 g/mol. The zero-order valence-electron chi connectivity index (χ0n) is 45.5. The number of allylic oxidation sites excluding steroid dienone is 1. The molecule has 412 valence electrons. The quantitative estimate of drug-likeness (QED) is 0.0413. The summed E-state index contributed by atoms with van der Waals surface area (Å²) in [6.07, 6.45) is 6.64. The SMILES string of the molecule is CCN(CC)c1ccc2c(-c3ccccc3C(=O)O)c3ccc(=[N+](CC)CC)cc-3oc2c1.CCN(CC)c1ccc2c(c1)OC1=CC([NH+](CC)CC)C=CC1=C2c1ccccc1C(=O)OC.N.N.[Cl-].[Cl-].[Cl-].[Cl-].[NH4+].[NH4+]. The molecule has 0 saturated carbocycles. The second-order valence-electron chi connectivity index (χ2n) is 16.6. The number of ether oxygens (including phenoxy) is 2. The Kier molecular flexibility index (Phi) is 30.8. The number of halogens is 4. The number of aromatic carboxylic acids is 1. The molecule has 0 amide bonds. The number of hydrogen-bond acceptors (Lipinski definition) is 9. The van der Waals surface area contributed by atoms with Crippen molar-refractivity contribution in [3.8, 4) is 28.2 Å². The van der Waals surface area contributed by atoms with Crippen molar-refractivity contribution in [3.63, 3.8) is 0 Å². The summed E-state index contributed by atoms with van der Waals surface area (Å²) >= 11 is 0. The summed E-state index contributed by atoms with van der Waals surface area (Å²) in [5.74, 6) is 1.14. The van der Waals surface area contributed by atoms with Crippen molar-refractivity contribution in [2.75, 3.05) is 69.3 Å². The van der Waals surface area contributed by atoms with Crippen molar-refractivity contribution in [3.05, 3.63) is 160 Å². The van der Waals surface area contributed by atoms with Gasteiger partial charge in [-0.3, -0.25) is 0 Å². The van der Waals surface area contributed by atoms with Gasteiger partial charge >= 0.3 is 11.9 Å². The Balaban J connectivity index is 0. The minimum absolute atomic E-state index is 0. The van der Waals surface area contributed by atoms with Crippen LogP contribution in [0.5, 0.6) is 5.75 Å². The molecule has 2 heterocycles. The molecule has 0 spiro atoms. The van der Waals surface area contributed by atoms with E-state index in [9.17, 15) is 14.7 Å². The van der Waals surface area contributed by atoms with Crippen LogP contribution in [0.15, 0.2) is 137 Å². The van der Waals surface area contributed by atoms with Gasteiger partial charge in [0.05, 0.1) is 37.4 Å². The van der Waals surface area contributed by atoms with Gasteiger partial charge in [-0.05, 0) is 121 Å². The first kappa shape index (κ1) is 71.2. The molecule has 75 heavy (non-hydrogen) atoms. The zero-order valence-corrected chi connectivity index (χ0v) is 48.6. The molecular weight excluding hydrogens is 1030 g/mol. The van der Waals surface area contributed by atoms with Gasteiger partial charge < -0.3 is 108 Å². The molecule has 16 N–H and O–H groups in total. The number of likely N-dealkylation sites (N-methyl/N-ethyl adjacent to an activating group) is 1. The molecule has 0 aromatic heterocycles. The summed E-state index contributed by atoms with van der Waals surface area (Å²) in [5.41, 5.74) is 10.1. The Hall–Kier alpha value is -5.91. The van der Waals surface area contributed by atoms with Crippen LogP contribution in [0.25, 0.3) is 39.0 Å². The maximum absolute atomic E-state index is 12.7. The standard InChI is InChI=1S/C29H34N2O3.C28H30N2O3.4ClH.4H3N/c1-6-30(7-2)20-14-16-24-26(18-20)34-27-19-21(31(8-3)9-4)15-17-25(27)28(24)22-12-10-11-13-23(22)29(32)33-5;1-5-29(6-2)19-13-15-23-25(17-19)33-26-18-20(30(7-3)8-4)14-16-24(26)27(23)21-11-9-10-12-22(21)28(31)32;;;;;;;;/h10-20H,6-9H2,1-5H3;9-18H,5-8H2,1-4H3;4*1H;4*1H3. The molecule has 0 saturated heterocycles. The number of nitrogens with one attached hydrogen (secondary N) is 1.